The molecule has 11 heteroatoms. The van der Waals surface area contributed by atoms with Crippen LogP contribution in [0.15, 0.2) is 27.2 Å². The number of carbonyl (C=O) groups is 3. The minimum atomic E-state index is -0.0207. The van der Waals surface area contributed by atoms with Gasteiger partial charge in [-0.25, -0.2) is 0 Å². The van der Waals surface area contributed by atoms with Crippen molar-refractivity contribution >= 4 is 40.8 Å². The van der Waals surface area contributed by atoms with Gasteiger partial charge in [-0.15, -0.1) is 21.5 Å². The average molecular weight is 436 g/mol. The lowest BCUT2D eigenvalue weighted by molar-refractivity contribution is -0.130. The van der Waals surface area contributed by atoms with Crippen LogP contribution in [-0.2, 0) is 16.1 Å². The van der Waals surface area contributed by atoms with Gasteiger partial charge >= 0.3 is 0 Å². The molecule has 0 aromatic carbocycles. The van der Waals surface area contributed by atoms with Crippen LogP contribution in [0.3, 0.4) is 0 Å². The van der Waals surface area contributed by atoms with Crippen LogP contribution in [-0.4, -0.2) is 81.1 Å². The van der Waals surface area contributed by atoms with Crippen LogP contribution in [0.1, 0.15) is 28.4 Å². The fourth-order valence-electron chi connectivity index (χ4n) is 3.32. The molecule has 2 aliphatic rings. The van der Waals surface area contributed by atoms with Gasteiger partial charge in [-0.05, 0) is 17.9 Å². The molecule has 2 aromatic heterocycles. The molecule has 4 heterocycles. The molecule has 3 amide bonds. The van der Waals surface area contributed by atoms with Crippen molar-refractivity contribution in [3.63, 3.8) is 0 Å². The molecule has 29 heavy (non-hydrogen) atoms. The van der Waals surface area contributed by atoms with E-state index >= 15 is 0 Å². The van der Waals surface area contributed by atoms with Crippen LogP contribution in [0.25, 0.3) is 0 Å². The van der Waals surface area contributed by atoms with E-state index in [9.17, 15) is 14.4 Å². The summed E-state index contributed by atoms with van der Waals surface area (Å²) in [5.74, 6) is 0.688. The third kappa shape index (κ3) is 4.78. The number of nitrogens with zero attached hydrogens (tertiary/aromatic N) is 5. The summed E-state index contributed by atoms with van der Waals surface area (Å²) < 4.78 is 5.55. The van der Waals surface area contributed by atoms with Crippen molar-refractivity contribution in [2.75, 3.05) is 38.5 Å². The lowest BCUT2D eigenvalue weighted by Gasteiger charge is -2.34. The Morgan fingerprint density at radius 2 is 1.93 bits per heavy atom. The number of amides is 3. The smallest absolute Gasteiger partial charge is 0.277 e. The van der Waals surface area contributed by atoms with Crippen molar-refractivity contribution in [1.29, 1.82) is 0 Å². The molecule has 0 spiro atoms. The van der Waals surface area contributed by atoms with E-state index < -0.39 is 0 Å². The summed E-state index contributed by atoms with van der Waals surface area (Å²) in [5.41, 5.74) is 0. The number of aromatic nitrogens is 2. The zero-order chi connectivity index (χ0) is 20.2. The molecule has 0 radical (unpaired) electrons. The van der Waals surface area contributed by atoms with Crippen LogP contribution >= 0.6 is 23.1 Å². The minimum Gasteiger partial charge on any atom is -0.414 e. The third-order valence-corrected chi connectivity index (χ3v) is 6.58. The number of piperazine rings is 1. The lowest BCUT2D eigenvalue weighted by atomic mass is 10.3. The summed E-state index contributed by atoms with van der Waals surface area (Å²) in [7, 11) is 0. The second kappa shape index (κ2) is 8.95. The lowest BCUT2D eigenvalue weighted by Crippen LogP contribution is -2.51. The third-order valence-electron chi connectivity index (χ3n) is 4.92. The largest absolute Gasteiger partial charge is 0.414 e. The highest BCUT2D eigenvalue weighted by Gasteiger charge is 2.26. The molecule has 0 N–H and O–H groups in total. The average Bonchev–Trinajstić information content (AvgIpc) is 3.49. The molecule has 2 fully saturated rings. The minimum absolute atomic E-state index is 0.0207. The summed E-state index contributed by atoms with van der Waals surface area (Å²) >= 11 is 2.62. The van der Waals surface area contributed by atoms with Crippen molar-refractivity contribution in [1.82, 2.24) is 24.9 Å². The first-order chi connectivity index (χ1) is 14.1. The highest BCUT2D eigenvalue weighted by atomic mass is 32.2. The molecule has 154 valence electrons. The molecule has 2 aromatic rings. The molecule has 2 saturated heterocycles. The zero-order valence-corrected chi connectivity index (χ0v) is 17.4. The molecule has 4 rings (SSSR count). The monoisotopic (exact) mass is 435 g/mol. The van der Waals surface area contributed by atoms with Gasteiger partial charge < -0.3 is 19.1 Å². The van der Waals surface area contributed by atoms with E-state index in [0.717, 1.165) is 11.3 Å². The molecule has 0 saturated carbocycles. The van der Waals surface area contributed by atoms with Gasteiger partial charge in [0.1, 0.15) is 0 Å². The van der Waals surface area contributed by atoms with Crippen LogP contribution < -0.4 is 0 Å². The Labute approximate surface area is 176 Å². The first-order valence-corrected chi connectivity index (χ1v) is 11.3. The number of carbonyl (C=O) groups excluding carboxylic acids is 3. The molecule has 0 bridgehead atoms. The van der Waals surface area contributed by atoms with Crippen molar-refractivity contribution in [2.24, 2.45) is 0 Å². The van der Waals surface area contributed by atoms with Crippen LogP contribution in [0.4, 0.5) is 0 Å². The predicted molar refractivity (Wildman–Crippen MR) is 106 cm³/mol. The number of thiophene rings is 1. The van der Waals surface area contributed by atoms with Gasteiger partial charge in [0.25, 0.3) is 11.1 Å². The summed E-state index contributed by atoms with van der Waals surface area (Å²) in [4.78, 5) is 42.5. The van der Waals surface area contributed by atoms with Gasteiger partial charge in [0.15, 0.2) is 0 Å². The second-order valence-corrected chi connectivity index (χ2v) is 8.69. The Hall–Kier alpha value is -2.40. The highest BCUT2D eigenvalue weighted by Crippen LogP contribution is 2.20. The van der Waals surface area contributed by atoms with E-state index in [0.29, 0.717) is 56.8 Å². The molecule has 0 atom stereocenters. The Bertz CT molecular complexity index is 877. The number of likely N-dealkylation sites (tertiary alicyclic amines) is 1. The van der Waals surface area contributed by atoms with E-state index in [2.05, 4.69) is 10.2 Å². The Balaban J connectivity index is 1.21. The first-order valence-electron chi connectivity index (χ1n) is 9.43. The van der Waals surface area contributed by atoms with Gasteiger partial charge in [0.05, 0.1) is 17.2 Å². The van der Waals surface area contributed by atoms with Gasteiger partial charge in [0.2, 0.25) is 17.7 Å². The molecular formula is C18H21N5O4S2. The SMILES string of the molecule is O=C(CSc1nnc(CN2CCCC2=O)o1)N1CCN(C(=O)c2cccs2)CC1. The van der Waals surface area contributed by atoms with E-state index in [1.54, 1.807) is 14.7 Å². The van der Waals surface area contributed by atoms with Crippen LogP contribution in [0.5, 0.6) is 0 Å². The summed E-state index contributed by atoms with van der Waals surface area (Å²) in [6.45, 7) is 3.12. The number of thioether (sulfide) groups is 1. The number of rotatable bonds is 6. The fraction of sp³-hybridized carbons (Fsp3) is 0.500. The molecule has 2 aliphatic heterocycles. The standard InChI is InChI=1S/C18H21N5O4S2/c24-15-4-1-5-23(15)11-14-19-20-18(27-14)29-12-16(25)21-6-8-22(9-7-21)17(26)13-3-2-10-28-13/h2-3,10H,1,4-9,11-12H2. The quantitative estimate of drug-likeness (QED) is 0.631. The zero-order valence-electron chi connectivity index (χ0n) is 15.8. The predicted octanol–water partition coefficient (Wildman–Crippen LogP) is 1.33. The maximum absolute atomic E-state index is 12.5. The molecule has 9 nitrogen and oxygen atoms in total. The van der Waals surface area contributed by atoms with Gasteiger partial charge in [-0.2, -0.15) is 0 Å². The van der Waals surface area contributed by atoms with Gasteiger partial charge in [0, 0.05) is 39.1 Å². The van der Waals surface area contributed by atoms with E-state index in [1.165, 1.54) is 23.1 Å². The summed E-state index contributed by atoms with van der Waals surface area (Å²) in [6, 6.07) is 3.68. The number of hydrogen-bond donors (Lipinski definition) is 0. The maximum atomic E-state index is 12.5. The second-order valence-electron chi connectivity index (χ2n) is 6.82. The fourth-order valence-corrected chi connectivity index (χ4v) is 4.70. The summed E-state index contributed by atoms with van der Waals surface area (Å²) in [5, 5.41) is 10.1. The topological polar surface area (TPSA) is 99.8 Å². The maximum Gasteiger partial charge on any atom is 0.277 e. The first kappa shape index (κ1) is 19.9. The molecule has 0 aliphatic carbocycles. The van der Waals surface area contributed by atoms with Crippen LogP contribution in [0.2, 0.25) is 0 Å². The van der Waals surface area contributed by atoms with Crippen LogP contribution in [0, 0.1) is 0 Å². The molecule has 0 unspecified atom stereocenters. The Morgan fingerprint density at radius 1 is 1.14 bits per heavy atom. The van der Waals surface area contributed by atoms with E-state index in [4.69, 9.17) is 4.42 Å². The van der Waals surface area contributed by atoms with E-state index in [-0.39, 0.29) is 23.5 Å². The van der Waals surface area contributed by atoms with Crippen molar-refractivity contribution in [2.45, 2.75) is 24.6 Å². The summed E-state index contributed by atoms with van der Waals surface area (Å²) in [6.07, 6.45) is 1.42. The molecular weight excluding hydrogens is 414 g/mol. The normalized spacial score (nSPS) is 17.2. The Morgan fingerprint density at radius 3 is 2.62 bits per heavy atom. The number of hydrogen-bond acceptors (Lipinski definition) is 8. The van der Waals surface area contributed by atoms with Crippen molar-refractivity contribution in [3.05, 3.63) is 28.3 Å². The van der Waals surface area contributed by atoms with Crippen molar-refractivity contribution < 1.29 is 18.8 Å². The Kier molecular flexibility index (Phi) is 6.14. The van der Waals surface area contributed by atoms with E-state index in [1.807, 2.05) is 17.5 Å². The highest BCUT2D eigenvalue weighted by molar-refractivity contribution is 7.99. The van der Waals surface area contributed by atoms with Gasteiger partial charge in [-0.1, -0.05) is 17.8 Å². The van der Waals surface area contributed by atoms with Crippen molar-refractivity contribution in [3.8, 4) is 0 Å². The van der Waals surface area contributed by atoms with Gasteiger partial charge in [-0.3, -0.25) is 14.4 Å².